The molecule has 28 heavy (non-hydrogen) atoms. The average molecular weight is 401 g/mol. The third kappa shape index (κ3) is 3.30. The number of hydrogen-bond donors (Lipinski definition) is 2. The van der Waals surface area contributed by atoms with E-state index in [0.29, 0.717) is 41.7 Å². The van der Waals surface area contributed by atoms with Crippen molar-refractivity contribution in [3.05, 3.63) is 33.5 Å². The molecule has 0 spiro atoms. The SMILES string of the molecule is CC(C)Cc1cc(C(=O)N2CCc3c(sc4c3C(=O)N(C)CC(=O)N4)C2)n[nH]1. The zero-order valence-corrected chi connectivity index (χ0v) is 17.0. The van der Waals surface area contributed by atoms with E-state index in [4.69, 9.17) is 0 Å². The standard InChI is InChI=1S/C19H23N5O3S/c1-10(2)6-11-7-13(22-21-11)18(26)24-5-4-12-14(8-24)28-17-16(12)19(27)23(3)9-15(25)20-17/h7,10H,4-6,8-9H2,1-3H3,(H,20,25)(H,21,22). The number of nitrogens with one attached hydrogen (secondary N) is 2. The first kappa shape index (κ1) is 18.7. The number of amides is 3. The Morgan fingerprint density at radius 2 is 2.11 bits per heavy atom. The zero-order valence-electron chi connectivity index (χ0n) is 16.2. The highest BCUT2D eigenvalue weighted by atomic mass is 32.1. The molecule has 2 aromatic heterocycles. The van der Waals surface area contributed by atoms with E-state index in [1.54, 1.807) is 11.9 Å². The molecule has 2 aliphatic rings. The Hall–Kier alpha value is -2.68. The summed E-state index contributed by atoms with van der Waals surface area (Å²) in [7, 11) is 1.63. The molecule has 0 unspecified atom stereocenters. The minimum absolute atomic E-state index is 0.0531. The molecule has 9 heteroatoms. The van der Waals surface area contributed by atoms with Gasteiger partial charge in [0, 0.05) is 24.2 Å². The van der Waals surface area contributed by atoms with E-state index in [1.807, 2.05) is 6.07 Å². The van der Waals surface area contributed by atoms with Crippen LogP contribution in [0.25, 0.3) is 0 Å². The number of rotatable bonds is 3. The highest BCUT2D eigenvalue weighted by Crippen LogP contribution is 2.39. The van der Waals surface area contributed by atoms with Crippen LogP contribution in [0, 0.1) is 5.92 Å². The third-order valence-corrected chi connectivity index (χ3v) is 6.15. The van der Waals surface area contributed by atoms with E-state index < -0.39 is 0 Å². The number of anilines is 1. The van der Waals surface area contributed by atoms with Gasteiger partial charge in [0.1, 0.15) is 10.7 Å². The van der Waals surface area contributed by atoms with Crippen molar-refractivity contribution in [2.75, 3.05) is 25.5 Å². The number of carbonyl (C=O) groups is 3. The van der Waals surface area contributed by atoms with Crippen LogP contribution in [0.5, 0.6) is 0 Å². The van der Waals surface area contributed by atoms with Gasteiger partial charge in [0.25, 0.3) is 11.8 Å². The van der Waals surface area contributed by atoms with E-state index in [-0.39, 0.29) is 24.3 Å². The minimum atomic E-state index is -0.199. The molecule has 0 saturated carbocycles. The zero-order chi connectivity index (χ0) is 20.0. The summed E-state index contributed by atoms with van der Waals surface area (Å²) in [5.41, 5.74) is 2.90. The maximum atomic E-state index is 12.9. The first-order valence-electron chi connectivity index (χ1n) is 9.37. The Labute approximate surface area is 166 Å². The number of H-pyrrole nitrogens is 1. The monoisotopic (exact) mass is 401 g/mol. The second kappa shape index (κ2) is 7.05. The molecule has 0 aliphatic carbocycles. The number of hydrogen-bond acceptors (Lipinski definition) is 5. The van der Waals surface area contributed by atoms with Gasteiger partial charge in [0.15, 0.2) is 0 Å². The predicted molar refractivity (Wildman–Crippen MR) is 105 cm³/mol. The molecule has 2 N–H and O–H groups in total. The molecule has 2 aromatic rings. The van der Waals surface area contributed by atoms with Gasteiger partial charge in [0.05, 0.1) is 18.7 Å². The Kier molecular flexibility index (Phi) is 4.70. The van der Waals surface area contributed by atoms with E-state index in [1.165, 1.54) is 16.2 Å². The molecule has 3 amide bonds. The summed E-state index contributed by atoms with van der Waals surface area (Å²) in [6.45, 7) is 5.23. The molecule has 0 fully saturated rings. The number of fused-ring (bicyclic) bond motifs is 3. The highest BCUT2D eigenvalue weighted by molar-refractivity contribution is 7.17. The maximum Gasteiger partial charge on any atom is 0.274 e. The lowest BCUT2D eigenvalue weighted by Gasteiger charge is -2.27. The van der Waals surface area contributed by atoms with Gasteiger partial charge < -0.3 is 15.1 Å². The number of nitrogens with zero attached hydrogens (tertiary/aromatic N) is 3. The van der Waals surface area contributed by atoms with Crippen molar-refractivity contribution in [3.63, 3.8) is 0 Å². The Morgan fingerprint density at radius 3 is 2.86 bits per heavy atom. The fourth-order valence-electron chi connectivity index (χ4n) is 3.71. The first-order chi connectivity index (χ1) is 13.3. The molecule has 148 valence electrons. The van der Waals surface area contributed by atoms with Crippen LogP contribution in [-0.2, 0) is 24.2 Å². The maximum absolute atomic E-state index is 12.9. The molecule has 0 bridgehead atoms. The predicted octanol–water partition coefficient (Wildman–Crippen LogP) is 1.89. The van der Waals surface area contributed by atoms with E-state index >= 15 is 0 Å². The summed E-state index contributed by atoms with van der Waals surface area (Å²) in [4.78, 5) is 41.7. The summed E-state index contributed by atoms with van der Waals surface area (Å²) in [5, 5.41) is 10.6. The van der Waals surface area contributed by atoms with Crippen LogP contribution >= 0.6 is 11.3 Å². The van der Waals surface area contributed by atoms with Crippen molar-refractivity contribution in [1.29, 1.82) is 0 Å². The van der Waals surface area contributed by atoms with Gasteiger partial charge >= 0.3 is 0 Å². The molecular weight excluding hydrogens is 378 g/mol. The molecule has 0 aromatic carbocycles. The van der Waals surface area contributed by atoms with Gasteiger partial charge in [-0.15, -0.1) is 11.3 Å². The molecule has 8 nitrogen and oxygen atoms in total. The van der Waals surface area contributed by atoms with Crippen molar-refractivity contribution in [3.8, 4) is 0 Å². The number of thiophene rings is 1. The average Bonchev–Trinajstić information content (AvgIpc) is 3.20. The van der Waals surface area contributed by atoms with E-state index in [2.05, 4.69) is 29.4 Å². The smallest absolute Gasteiger partial charge is 0.274 e. The lowest BCUT2D eigenvalue weighted by molar-refractivity contribution is -0.116. The molecule has 2 aliphatic heterocycles. The highest BCUT2D eigenvalue weighted by Gasteiger charge is 2.34. The second-order valence-corrected chi connectivity index (χ2v) is 8.88. The molecule has 0 saturated heterocycles. The molecule has 4 heterocycles. The van der Waals surface area contributed by atoms with E-state index in [9.17, 15) is 14.4 Å². The minimum Gasteiger partial charge on any atom is -0.332 e. The number of aromatic amines is 1. The second-order valence-electron chi connectivity index (χ2n) is 7.77. The number of aromatic nitrogens is 2. The summed E-state index contributed by atoms with van der Waals surface area (Å²) >= 11 is 1.39. The first-order valence-corrected chi connectivity index (χ1v) is 10.2. The topological polar surface area (TPSA) is 98.4 Å². The van der Waals surface area contributed by atoms with Crippen LogP contribution in [0.1, 0.15) is 50.8 Å². The lowest BCUT2D eigenvalue weighted by atomic mass is 10.0. The fraction of sp³-hybridized carbons (Fsp3) is 0.474. The van der Waals surface area contributed by atoms with Gasteiger partial charge in [-0.05, 0) is 30.4 Å². The van der Waals surface area contributed by atoms with Crippen molar-refractivity contribution in [1.82, 2.24) is 20.0 Å². The lowest BCUT2D eigenvalue weighted by Crippen LogP contribution is -2.36. The van der Waals surface area contributed by atoms with Crippen LogP contribution in [0.4, 0.5) is 5.00 Å². The quantitative estimate of drug-likeness (QED) is 0.821. The summed E-state index contributed by atoms with van der Waals surface area (Å²) in [6, 6.07) is 1.82. The Balaban J connectivity index is 1.57. The third-order valence-electron chi connectivity index (χ3n) is 5.02. The van der Waals surface area contributed by atoms with Gasteiger partial charge in [-0.1, -0.05) is 13.8 Å². The molecular formula is C19H23N5O3S. The number of likely N-dealkylation sites (N-methyl/N-ethyl adjacent to an activating group) is 1. The van der Waals surface area contributed by atoms with Crippen LogP contribution in [0.2, 0.25) is 0 Å². The van der Waals surface area contributed by atoms with Gasteiger partial charge in [-0.3, -0.25) is 19.5 Å². The van der Waals surface area contributed by atoms with Crippen LogP contribution in [0.15, 0.2) is 6.07 Å². The summed E-state index contributed by atoms with van der Waals surface area (Å²) in [5.74, 6) is 0.0212. The van der Waals surface area contributed by atoms with Crippen molar-refractivity contribution in [2.45, 2.75) is 33.2 Å². The largest absolute Gasteiger partial charge is 0.332 e. The molecule has 0 radical (unpaired) electrons. The van der Waals surface area contributed by atoms with Crippen molar-refractivity contribution in [2.24, 2.45) is 5.92 Å². The number of carbonyl (C=O) groups excluding carboxylic acids is 3. The Morgan fingerprint density at radius 1 is 1.32 bits per heavy atom. The van der Waals surface area contributed by atoms with Gasteiger partial charge in [0.2, 0.25) is 5.91 Å². The van der Waals surface area contributed by atoms with Gasteiger partial charge in [-0.2, -0.15) is 5.10 Å². The van der Waals surface area contributed by atoms with Crippen LogP contribution < -0.4 is 5.32 Å². The normalized spacial score (nSPS) is 16.7. The Bertz CT molecular complexity index is 961. The van der Waals surface area contributed by atoms with Crippen molar-refractivity contribution >= 4 is 34.1 Å². The van der Waals surface area contributed by atoms with Gasteiger partial charge in [-0.25, -0.2) is 0 Å². The van der Waals surface area contributed by atoms with Crippen LogP contribution in [0.3, 0.4) is 0 Å². The van der Waals surface area contributed by atoms with E-state index in [0.717, 1.165) is 22.6 Å². The molecule has 0 atom stereocenters. The molecule has 4 rings (SSSR count). The summed E-state index contributed by atoms with van der Waals surface area (Å²) < 4.78 is 0. The van der Waals surface area contributed by atoms with Crippen molar-refractivity contribution < 1.29 is 14.4 Å². The fourth-order valence-corrected chi connectivity index (χ4v) is 4.98. The summed E-state index contributed by atoms with van der Waals surface area (Å²) in [6.07, 6.45) is 1.43. The van der Waals surface area contributed by atoms with Crippen LogP contribution in [-0.4, -0.2) is 57.9 Å².